The minimum Gasteiger partial charge on any atom is -0.0845 e. The van der Waals surface area contributed by atoms with Crippen LogP contribution in [-0.2, 0) is 0 Å². The minimum absolute atomic E-state index is 1.04. The highest BCUT2D eigenvalue weighted by molar-refractivity contribution is 5.08. The van der Waals surface area contributed by atoms with E-state index in [9.17, 15) is 0 Å². The Morgan fingerprint density at radius 1 is 0.538 bits per heavy atom. The average molecular weight is 174 g/mol. The van der Waals surface area contributed by atoms with Gasteiger partial charge >= 0.3 is 0 Å². The third-order valence-corrected chi connectivity index (χ3v) is 2.03. The van der Waals surface area contributed by atoms with Crippen LogP contribution in [0.5, 0.6) is 0 Å². The summed E-state index contributed by atoms with van der Waals surface area (Å²) in [6.45, 7) is 0. The van der Waals surface area contributed by atoms with E-state index < -0.39 is 0 Å². The van der Waals surface area contributed by atoms with Crippen LogP contribution in [0.4, 0.5) is 0 Å². The quantitative estimate of drug-likeness (QED) is 0.517. The molecular weight excluding hydrogens is 156 g/mol. The maximum atomic E-state index is 2.25. The van der Waals surface area contributed by atoms with E-state index in [1.54, 1.807) is 0 Å². The van der Waals surface area contributed by atoms with E-state index in [0.717, 1.165) is 6.42 Å². The van der Waals surface area contributed by atoms with Crippen molar-refractivity contribution in [2.45, 2.75) is 32.1 Å². The number of rotatable bonds is 0. The molecule has 0 spiro atoms. The number of allylic oxidation sites excluding steroid dienone is 8. The van der Waals surface area contributed by atoms with E-state index in [1.165, 1.54) is 25.7 Å². The molecule has 1 aliphatic carbocycles. The molecule has 70 valence electrons. The normalized spacial score (nSPS) is 19.1. The van der Waals surface area contributed by atoms with Crippen molar-refractivity contribution >= 4 is 0 Å². The summed E-state index contributed by atoms with van der Waals surface area (Å²) in [5.41, 5.74) is 0. The average Bonchev–Trinajstić information content (AvgIpc) is 2.18. The summed E-state index contributed by atoms with van der Waals surface area (Å²) in [6.07, 6.45) is 23.5. The summed E-state index contributed by atoms with van der Waals surface area (Å²) in [6, 6.07) is 0. The van der Waals surface area contributed by atoms with Crippen molar-refractivity contribution in [1.82, 2.24) is 0 Å². The Bertz CT molecular complexity index is 192. The molecule has 0 heteroatoms. The lowest BCUT2D eigenvalue weighted by Gasteiger charge is -1.91. The van der Waals surface area contributed by atoms with Crippen molar-refractivity contribution in [2.24, 2.45) is 0 Å². The Kier molecular flexibility index (Phi) is 5.87. The van der Waals surface area contributed by atoms with Crippen molar-refractivity contribution < 1.29 is 0 Å². The van der Waals surface area contributed by atoms with Gasteiger partial charge in [-0.05, 0) is 32.1 Å². The number of hydrogen-bond acceptors (Lipinski definition) is 0. The monoisotopic (exact) mass is 174 g/mol. The van der Waals surface area contributed by atoms with Crippen LogP contribution >= 0.6 is 0 Å². The van der Waals surface area contributed by atoms with Crippen LogP contribution in [0, 0.1) is 0 Å². The van der Waals surface area contributed by atoms with E-state index in [4.69, 9.17) is 0 Å². The maximum absolute atomic E-state index is 2.25. The van der Waals surface area contributed by atoms with Crippen molar-refractivity contribution in [1.29, 1.82) is 0 Å². The maximum Gasteiger partial charge on any atom is -0.0163 e. The van der Waals surface area contributed by atoms with Crippen LogP contribution in [0.1, 0.15) is 32.1 Å². The zero-order chi connectivity index (χ0) is 9.19. The van der Waals surface area contributed by atoms with Crippen molar-refractivity contribution in [3.8, 4) is 0 Å². The lowest BCUT2D eigenvalue weighted by Crippen LogP contribution is -1.71. The Hall–Kier alpha value is -1.04. The van der Waals surface area contributed by atoms with Crippen molar-refractivity contribution in [2.75, 3.05) is 0 Å². The van der Waals surface area contributed by atoms with Gasteiger partial charge in [-0.25, -0.2) is 0 Å². The molecule has 0 fully saturated rings. The SMILES string of the molecule is C1=CCC=CC=CCCCCC=C1. The summed E-state index contributed by atoms with van der Waals surface area (Å²) < 4.78 is 0. The summed E-state index contributed by atoms with van der Waals surface area (Å²) in [5.74, 6) is 0. The van der Waals surface area contributed by atoms with Crippen LogP contribution < -0.4 is 0 Å². The van der Waals surface area contributed by atoms with Gasteiger partial charge in [0.1, 0.15) is 0 Å². The predicted molar refractivity (Wildman–Crippen MR) is 59.6 cm³/mol. The molecule has 0 amide bonds. The molecule has 0 atom stereocenters. The van der Waals surface area contributed by atoms with E-state index in [1.807, 2.05) is 0 Å². The van der Waals surface area contributed by atoms with Crippen molar-refractivity contribution in [3.05, 3.63) is 48.6 Å². The second-order valence-electron chi connectivity index (χ2n) is 3.23. The summed E-state index contributed by atoms with van der Waals surface area (Å²) in [7, 11) is 0. The molecule has 0 saturated carbocycles. The molecule has 0 aromatic carbocycles. The Morgan fingerprint density at radius 3 is 1.54 bits per heavy atom. The molecule has 0 unspecified atom stereocenters. The Labute approximate surface area is 81.4 Å². The standard InChI is InChI=1S/C13H18/c1-2-4-6-8-10-12-13-11-9-7-5-3-1/h1-4,7,9,11,13H,5-6,8,10,12H2. The van der Waals surface area contributed by atoms with Crippen LogP contribution in [0.15, 0.2) is 48.6 Å². The predicted octanol–water partition coefficient (Wildman–Crippen LogP) is 4.18. The topological polar surface area (TPSA) is 0 Å². The Balaban J connectivity index is 2.38. The van der Waals surface area contributed by atoms with Crippen LogP contribution in [-0.4, -0.2) is 0 Å². The summed E-state index contributed by atoms with van der Waals surface area (Å²) in [4.78, 5) is 0. The third kappa shape index (κ3) is 6.15. The molecule has 0 nitrogen and oxygen atoms in total. The van der Waals surface area contributed by atoms with Crippen LogP contribution in [0.25, 0.3) is 0 Å². The minimum atomic E-state index is 1.04. The highest BCUT2D eigenvalue weighted by Crippen LogP contribution is 2.02. The first-order chi connectivity index (χ1) is 6.50. The first kappa shape index (κ1) is 10.0. The molecule has 0 radical (unpaired) electrons. The van der Waals surface area contributed by atoms with Gasteiger partial charge in [-0.1, -0.05) is 48.6 Å². The molecule has 0 heterocycles. The van der Waals surface area contributed by atoms with Gasteiger partial charge in [0.15, 0.2) is 0 Å². The molecule has 1 rings (SSSR count). The fraction of sp³-hybridized carbons (Fsp3) is 0.385. The first-order valence-corrected chi connectivity index (χ1v) is 5.13. The highest BCUT2D eigenvalue weighted by atomic mass is 13.9. The van der Waals surface area contributed by atoms with Gasteiger partial charge in [-0.2, -0.15) is 0 Å². The van der Waals surface area contributed by atoms with Gasteiger partial charge in [-0.3, -0.25) is 0 Å². The lowest BCUT2D eigenvalue weighted by atomic mass is 10.2. The third-order valence-electron chi connectivity index (χ3n) is 2.03. The molecule has 0 N–H and O–H groups in total. The molecule has 13 heavy (non-hydrogen) atoms. The smallest absolute Gasteiger partial charge is 0.0163 e. The molecule has 0 aromatic rings. The van der Waals surface area contributed by atoms with Gasteiger partial charge in [0, 0.05) is 0 Å². The molecule has 1 aliphatic rings. The van der Waals surface area contributed by atoms with E-state index in [-0.39, 0.29) is 0 Å². The summed E-state index contributed by atoms with van der Waals surface area (Å²) in [5, 5.41) is 0. The molecule has 0 saturated heterocycles. The van der Waals surface area contributed by atoms with Gasteiger partial charge < -0.3 is 0 Å². The van der Waals surface area contributed by atoms with Gasteiger partial charge in [0.05, 0.1) is 0 Å². The molecule has 0 aromatic heterocycles. The second kappa shape index (κ2) is 7.60. The number of hydrogen-bond donors (Lipinski definition) is 0. The Morgan fingerprint density at radius 2 is 1.00 bits per heavy atom. The van der Waals surface area contributed by atoms with Gasteiger partial charge in [0.2, 0.25) is 0 Å². The van der Waals surface area contributed by atoms with Gasteiger partial charge in [-0.15, -0.1) is 0 Å². The van der Waals surface area contributed by atoms with Gasteiger partial charge in [0.25, 0.3) is 0 Å². The fourth-order valence-corrected chi connectivity index (χ4v) is 1.27. The van der Waals surface area contributed by atoms with E-state index >= 15 is 0 Å². The fourth-order valence-electron chi connectivity index (χ4n) is 1.27. The summed E-state index contributed by atoms with van der Waals surface area (Å²) >= 11 is 0. The van der Waals surface area contributed by atoms with Crippen LogP contribution in [0.3, 0.4) is 0 Å². The zero-order valence-corrected chi connectivity index (χ0v) is 8.15. The second-order valence-corrected chi connectivity index (χ2v) is 3.23. The first-order valence-electron chi connectivity index (χ1n) is 5.13. The van der Waals surface area contributed by atoms with Crippen LogP contribution in [0.2, 0.25) is 0 Å². The van der Waals surface area contributed by atoms with E-state index in [2.05, 4.69) is 48.6 Å². The molecule has 0 bridgehead atoms. The molecule has 0 aliphatic heterocycles. The van der Waals surface area contributed by atoms with Crippen molar-refractivity contribution in [3.63, 3.8) is 0 Å². The van der Waals surface area contributed by atoms with E-state index in [0.29, 0.717) is 0 Å². The lowest BCUT2D eigenvalue weighted by molar-refractivity contribution is 0.762. The molecular formula is C13H18. The zero-order valence-electron chi connectivity index (χ0n) is 8.15. The largest absolute Gasteiger partial charge is 0.0845 e. The highest BCUT2D eigenvalue weighted by Gasteiger charge is 1.82.